The number of hydrogen-bond donors (Lipinski definition) is 1. The highest BCUT2D eigenvalue weighted by molar-refractivity contribution is 6.17. The van der Waals surface area contributed by atoms with Gasteiger partial charge in [-0.05, 0) is 6.07 Å². The Morgan fingerprint density at radius 2 is 1.94 bits per heavy atom. The zero-order chi connectivity index (χ0) is 13.2. The highest BCUT2D eigenvalue weighted by atomic mass is 35.5. The maximum absolute atomic E-state index is 12.6. The Labute approximate surface area is 98.0 Å². The van der Waals surface area contributed by atoms with Gasteiger partial charge in [-0.2, -0.15) is 13.2 Å². The maximum atomic E-state index is 12.6. The zero-order valence-corrected chi connectivity index (χ0v) is 8.99. The van der Waals surface area contributed by atoms with Crippen LogP contribution in [0.4, 0.5) is 22.0 Å². The molecule has 1 rings (SSSR count). The molecule has 17 heavy (non-hydrogen) atoms. The van der Waals surface area contributed by atoms with Crippen LogP contribution in [0.2, 0.25) is 0 Å². The number of nitrogens with zero attached hydrogens (tertiary/aromatic N) is 1. The van der Waals surface area contributed by atoms with Crippen LogP contribution in [0.3, 0.4) is 0 Å². The van der Waals surface area contributed by atoms with Crippen molar-refractivity contribution in [1.82, 2.24) is 4.98 Å². The quantitative estimate of drug-likeness (QED) is 0.678. The van der Waals surface area contributed by atoms with Gasteiger partial charge in [-0.3, -0.25) is 4.98 Å². The minimum atomic E-state index is -4.96. The van der Waals surface area contributed by atoms with Crippen molar-refractivity contribution in [2.24, 2.45) is 0 Å². The van der Waals surface area contributed by atoms with Crippen molar-refractivity contribution in [1.29, 1.82) is 0 Å². The van der Waals surface area contributed by atoms with E-state index in [-0.39, 0.29) is 5.69 Å². The van der Waals surface area contributed by atoms with Crippen LogP contribution in [0, 0.1) is 0 Å². The molecule has 1 N–H and O–H groups in total. The molecular formula is C9H7ClF5NO. The van der Waals surface area contributed by atoms with Crippen LogP contribution >= 0.6 is 11.6 Å². The average Bonchev–Trinajstić information content (AvgIpc) is 2.25. The molecule has 0 aliphatic rings. The summed E-state index contributed by atoms with van der Waals surface area (Å²) in [6, 6.07) is 0.531. The first-order chi connectivity index (χ1) is 7.81. The summed E-state index contributed by atoms with van der Waals surface area (Å²) in [6.07, 6.45) is -8.28. The van der Waals surface area contributed by atoms with E-state index >= 15 is 0 Å². The van der Waals surface area contributed by atoms with Gasteiger partial charge in [0.05, 0.1) is 29.4 Å². The third-order valence-corrected chi connectivity index (χ3v) is 2.24. The molecule has 0 atom stereocenters. The smallest absolute Gasteiger partial charge is 0.390 e. The highest BCUT2D eigenvalue weighted by Gasteiger charge is 2.39. The van der Waals surface area contributed by atoms with Gasteiger partial charge in [0.2, 0.25) is 0 Å². The number of pyridine rings is 1. The van der Waals surface area contributed by atoms with Gasteiger partial charge in [-0.1, -0.05) is 0 Å². The van der Waals surface area contributed by atoms with Crippen molar-refractivity contribution in [3.63, 3.8) is 0 Å². The molecule has 1 aromatic heterocycles. The number of aliphatic hydroxyl groups excluding tert-OH is 1. The fraction of sp³-hybridized carbons (Fsp3) is 0.444. The number of aliphatic hydroxyl groups is 1. The Morgan fingerprint density at radius 1 is 1.35 bits per heavy atom. The van der Waals surface area contributed by atoms with Gasteiger partial charge in [0, 0.05) is 5.56 Å². The number of rotatable bonds is 3. The summed E-state index contributed by atoms with van der Waals surface area (Å²) in [4.78, 5) is 3.38. The van der Waals surface area contributed by atoms with E-state index in [1.807, 2.05) is 0 Å². The Kier molecular flexibility index (Phi) is 4.26. The molecule has 0 aliphatic heterocycles. The largest absolute Gasteiger partial charge is 0.418 e. The Bertz CT molecular complexity index is 407. The van der Waals surface area contributed by atoms with E-state index < -0.39 is 41.9 Å². The van der Waals surface area contributed by atoms with Gasteiger partial charge in [0.15, 0.2) is 0 Å². The van der Waals surface area contributed by atoms with Crippen molar-refractivity contribution in [3.05, 3.63) is 28.6 Å². The topological polar surface area (TPSA) is 33.1 Å². The third-order valence-electron chi connectivity index (χ3n) is 1.99. The van der Waals surface area contributed by atoms with Gasteiger partial charge in [0.1, 0.15) is 0 Å². The van der Waals surface area contributed by atoms with Crippen molar-refractivity contribution < 1.29 is 27.1 Å². The third kappa shape index (κ3) is 3.04. The minimum absolute atomic E-state index is 0.274. The molecule has 0 radical (unpaired) electrons. The normalized spacial score (nSPS) is 12.2. The Hall–Kier alpha value is -0.950. The van der Waals surface area contributed by atoms with E-state index in [2.05, 4.69) is 4.98 Å². The summed E-state index contributed by atoms with van der Waals surface area (Å²) >= 11 is 5.25. The van der Waals surface area contributed by atoms with E-state index in [0.29, 0.717) is 6.07 Å². The van der Waals surface area contributed by atoms with Crippen molar-refractivity contribution in [2.75, 3.05) is 0 Å². The van der Waals surface area contributed by atoms with Crippen molar-refractivity contribution >= 4 is 11.6 Å². The molecule has 0 aliphatic carbocycles. The second-order valence-electron chi connectivity index (χ2n) is 3.11. The lowest BCUT2D eigenvalue weighted by Gasteiger charge is -2.16. The van der Waals surface area contributed by atoms with E-state index in [9.17, 15) is 22.0 Å². The first-order valence-electron chi connectivity index (χ1n) is 4.36. The summed E-state index contributed by atoms with van der Waals surface area (Å²) in [6.45, 7) is -0.734. The molecule has 0 spiro atoms. The molecule has 0 bridgehead atoms. The van der Waals surface area contributed by atoms with Crippen molar-refractivity contribution in [3.8, 4) is 0 Å². The molecular weight excluding hydrogens is 269 g/mol. The van der Waals surface area contributed by atoms with Crippen LogP contribution in [0.15, 0.2) is 6.07 Å². The van der Waals surface area contributed by atoms with Gasteiger partial charge >= 0.3 is 6.18 Å². The first-order valence-corrected chi connectivity index (χ1v) is 4.89. The molecule has 0 saturated carbocycles. The van der Waals surface area contributed by atoms with Crippen LogP contribution in [0.1, 0.15) is 28.9 Å². The molecule has 96 valence electrons. The summed E-state index contributed by atoms with van der Waals surface area (Å²) in [7, 11) is 0. The fourth-order valence-electron chi connectivity index (χ4n) is 1.36. The zero-order valence-electron chi connectivity index (χ0n) is 8.23. The Balaban J connectivity index is 3.53. The second kappa shape index (κ2) is 5.14. The van der Waals surface area contributed by atoms with E-state index in [1.54, 1.807) is 0 Å². The standard InChI is InChI=1S/C9H7ClF5NO/c10-2-6-7(9(13,14)15)5(8(11)12)1-4(3-17)16-6/h1,8,17H,2-3H2. The number of hydrogen-bond acceptors (Lipinski definition) is 2. The van der Waals surface area contributed by atoms with Crippen LogP contribution in [-0.2, 0) is 18.7 Å². The lowest BCUT2D eigenvalue weighted by molar-refractivity contribution is -0.140. The molecule has 1 aromatic rings. The monoisotopic (exact) mass is 275 g/mol. The van der Waals surface area contributed by atoms with Crippen LogP contribution in [0.25, 0.3) is 0 Å². The Morgan fingerprint density at radius 3 is 2.29 bits per heavy atom. The molecule has 0 fully saturated rings. The predicted octanol–water partition coefficient (Wildman–Crippen LogP) is 3.27. The number of aromatic nitrogens is 1. The lowest BCUT2D eigenvalue weighted by Crippen LogP contribution is -2.15. The van der Waals surface area contributed by atoms with E-state index in [4.69, 9.17) is 16.7 Å². The van der Waals surface area contributed by atoms with Gasteiger partial charge in [-0.25, -0.2) is 8.78 Å². The molecule has 0 aromatic carbocycles. The average molecular weight is 276 g/mol. The lowest BCUT2D eigenvalue weighted by atomic mass is 10.1. The molecule has 1 heterocycles. The number of alkyl halides is 6. The molecule has 0 unspecified atom stereocenters. The first kappa shape index (κ1) is 14.1. The summed E-state index contributed by atoms with van der Waals surface area (Å²) < 4.78 is 62.9. The molecule has 0 amide bonds. The highest BCUT2D eigenvalue weighted by Crippen LogP contribution is 2.38. The molecule has 8 heteroatoms. The maximum Gasteiger partial charge on any atom is 0.418 e. The number of halogens is 6. The van der Waals surface area contributed by atoms with Crippen LogP contribution in [0.5, 0.6) is 0 Å². The summed E-state index contributed by atoms with van der Waals surface area (Å²) in [5, 5.41) is 8.73. The van der Waals surface area contributed by atoms with Gasteiger partial charge in [-0.15, -0.1) is 11.6 Å². The fourth-order valence-corrected chi connectivity index (χ4v) is 1.55. The van der Waals surface area contributed by atoms with Crippen molar-refractivity contribution in [2.45, 2.75) is 25.1 Å². The summed E-state index contributed by atoms with van der Waals surface area (Å²) in [5.74, 6) is -0.664. The predicted molar refractivity (Wildman–Crippen MR) is 49.7 cm³/mol. The second-order valence-corrected chi connectivity index (χ2v) is 3.38. The summed E-state index contributed by atoms with van der Waals surface area (Å²) in [5.41, 5.74) is -3.73. The van der Waals surface area contributed by atoms with E-state index in [1.165, 1.54) is 0 Å². The minimum Gasteiger partial charge on any atom is -0.390 e. The van der Waals surface area contributed by atoms with Crippen LogP contribution in [-0.4, -0.2) is 10.1 Å². The molecule has 2 nitrogen and oxygen atoms in total. The van der Waals surface area contributed by atoms with Gasteiger partial charge in [0.25, 0.3) is 6.43 Å². The van der Waals surface area contributed by atoms with Gasteiger partial charge < -0.3 is 5.11 Å². The molecule has 0 saturated heterocycles. The van der Waals surface area contributed by atoms with Crippen LogP contribution < -0.4 is 0 Å². The SMILES string of the molecule is OCc1cc(C(F)F)c(C(F)(F)F)c(CCl)n1. The van der Waals surface area contributed by atoms with E-state index in [0.717, 1.165) is 0 Å².